The third kappa shape index (κ3) is 4.22. The van der Waals surface area contributed by atoms with E-state index in [0.717, 1.165) is 13.2 Å². The number of nitrogens with zero attached hydrogens (tertiary/aromatic N) is 1. The second-order valence-corrected chi connectivity index (χ2v) is 5.92. The molecule has 18 heavy (non-hydrogen) atoms. The molecule has 1 fully saturated rings. The Hall–Kier alpha value is -0.120. The van der Waals surface area contributed by atoms with Gasteiger partial charge >= 0.3 is 0 Å². The van der Waals surface area contributed by atoms with Gasteiger partial charge in [0.05, 0.1) is 6.61 Å². The first-order chi connectivity index (χ1) is 8.63. The van der Waals surface area contributed by atoms with Crippen molar-refractivity contribution >= 4 is 0 Å². The van der Waals surface area contributed by atoms with Gasteiger partial charge in [-0.2, -0.15) is 0 Å². The molecule has 0 saturated carbocycles. The minimum absolute atomic E-state index is 0.587. The summed E-state index contributed by atoms with van der Waals surface area (Å²) in [7, 11) is 1.83. The molecule has 108 valence electrons. The van der Waals surface area contributed by atoms with E-state index < -0.39 is 0 Å². The van der Waals surface area contributed by atoms with E-state index in [9.17, 15) is 0 Å². The predicted molar refractivity (Wildman–Crippen MR) is 78.0 cm³/mol. The van der Waals surface area contributed by atoms with Gasteiger partial charge in [0.25, 0.3) is 0 Å². The average Bonchev–Trinajstić information content (AvgIpc) is 2.37. The molecule has 3 heteroatoms. The summed E-state index contributed by atoms with van der Waals surface area (Å²) in [6.45, 7) is 12.4. The minimum Gasteiger partial charge on any atom is -0.383 e. The molecule has 0 aliphatic carbocycles. The third-order valence-corrected chi connectivity index (χ3v) is 4.19. The Bertz CT molecular complexity index is 215. The summed E-state index contributed by atoms with van der Waals surface area (Å²) < 4.78 is 5.44. The molecule has 0 radical (unpaired) electrons. The molecule has 0 amide bonds. The van der Waals surface area contributed by atoms with Gasteiger partial charge in [0, 0.05) is 38.3 Å². The third-order valence-electron chi connectivity index (χ3n) is 4.19. The van der Waals surface area contributed by atoms with Crippen molar-refractivity contribution in [2.24, 2.45) is 5.92 Å². The van der Waals surface area contributed by atoms with Crippen LogP contribution in [-0.2, 0) is 4.74 Å². The van der Waals surface area contributed by atoms with Crippen LogP contribution in [-0.4, -0.2) is 49.8 Å². The van der Waals surface area contributed by atoms with Gasteiger partial charge in [-0.3, -0.25) is 4.90 Å². The molecule has 1 aliphatic heterocycles. The van der Waals surface area contributed by atoms with Gasteiger partial charge in [-0.15, -0.1) is 0 Å². The van der Waals surface area contributed by atoms with Crippen molar-refractivity contribution in [3.8, 4) is 0 Å². The van der Waals surface area contributed by atoms with Crippen molar-refractivity contribution in [1.82, 2.24) is 10.2 Å². The van der Waals surface area contributed by atoms with Crippen molar-refractivity contribution in [2.75, 3.05) is 26.8 Å². The van der Waals surface area contributed by atoms with E-state index in [1.807, 2.05) is 7.11 Å². The van der Waals surface area contributed by atoms with Crippen LogP contribution < -0.4 is 5.32 Å². The Morgan fingerprint density at radius 2 is 2.06 bits per heavy atom. The van der Waals surface area contributed by atoms with Crippen molar-refractivity contribution in [3.05, 3.63) is 0 Å². The second kappa shape index (κ2) is 8.13. The Morgan fingerprint density at radius 1 is 1.33 bits per heavy atom. The molecule has 1 saturated heterocycles. The Kier molecular flexibility index (Phi) is 7.20. The molecular formula is C15H32N2O. The number of nitrogens with one attached hydrogen (secondary N) is 1. The normalized spacial score (nSPS) is 27.7. The highest BCUT2D eigenvalue weighted by atomic mass is 16.5. The molecule has 1 aliphatic rings. The maximum absolute atomic E-state index is 5.44. The van der Waals surface area contributed by atoms with Crippen LogP contribution in [0.3, 0.4) is 0 Å². The van der Waals surface area contributed by atoms with Crippen LogP contribution in [0, 0.1) is 5.92 Å². The molecule has 3 unspecified atom stereocenters. The molecule has 1 N–H and O–H groups in total. The predicted octanol–water partition coefficient (Wildman–Crippen LogP) is 2.51. The monoisotopic (exact) mass is 256 g/mol. The first kappa shape index (κ1) is 15.9. The van der Waals surface area contributed by atoms with E-state index in [-0.39, 0.29) is 0 Å². The fraction of sp³-hybridized carbons (Fsp3) is 1.00. The highest BCUT2D eigenvalue weighted by molar-refractivity contribution is 4.90. The quantitative estimate of drug-likeness (QED) is 0.757. The molecule has 1 heterocycles. The summed E-state index contributed by atoms with van der Waals surface area (Å²) >= 11 is 0. The van der Waals surface area contributed by atoms with E-state index in [0.29, 0.717) is 24.0 Å². The summed E-state index contributed by atoms with van der Waals surface area (Å²) in [6, 6.07) is 1.89. The maximum atomic E-state index is 5.44. The van der Waals surface area contributed by atoms with Crippen LogP contribution in [0.5, 0.6) is 0 Å². The van der Waals surface area contributed by atoms with E-state index in [1.165, 1.54) is 25.8 Å². The van der Waals surface area contributed by atoms with Crippen LogP contribution in [0.1, 0.15) is 47.0 Å². The lowest BCUT2D eigenvalue weighted by molar-refractivity contribution is 0.0124. The molecule has 0 aromatic rings. The highest BCUT2D eigenvalue weighted by Gasteiger charge is 2.33. The summed E-state index contributed by atoms with van der Waals surface area (Å²) in [5, 5.41) is 3.69. The molecule has 3 nitrogen and oxygen atoms in total. The first-order valence-corrected chi connectivity index (χ1v) is 7.62. The van der Waals surface area contributed by atoms with Gasteiger partial charge in [0.1, 0.15) is 0 Å². The van der Waals surface area contributed by atoms with E-state index in [2.05, 4.69) is 37.9 Å². The van der Waals surface area contributed by atoms with Gasteiger partial charge in [-0.25, -0.2) is 0 Å². The van der Waals surface area contributed by atoms with Crippen molar-refractivity contribution in [3.63, 3.8) is 0 Å². The van der Waals surface area contributed by atoms with Gasteiger partial charge in [-0.1, -0.05) is 34.1 Å². The molecule has 1 rings (SSSR count). The average molecular weight is 256 g/mol. The highest BCUT2D eigenvalue weighted by Crippen LogP contribution is 2.21. The lowest BCUT2D eigenvalue weighted by Crippen LogP contribution is -2.61. The summed E-state index contributed by atoms with van der Waals surface area (Å²) in [5.41, 5.74) is 0. The van der Waals surface area contributed by atoms with Crippen LogP contribution >= 0.6 is 0 Å². The molecule has 3 atom stereocenters. The van der Waals surface area contributed by atoms with E-state index >= 15 is 0 Å². The zero-order valence-electron chi connectivity index (χ0n) is 12.9. The van der Waals surface area contributed by atoms with Gasteiger partial charge < -0.3 is 10.1 Å². The topological polar surface area (TPSA) is 24.5 Å². The van der Waals surface area contributed by atoms with Crippen molar-refractivity contribution in [2.45, 2.75) is 65.1 Å². The minimum atomic E-state index is 0.587. The molecule has 0 aromatic carbocycles. The first-order valence-electron chi connectivity index (χ1n) is 7.62. The van der Waals surface area contributed by atoms with Crippen LogP contribution in [0.15, 0.2) is 0 Å². The molecule has 0 bridgehead atoms. The summed E-state index contributed by atoms with van der Waals surface area (Å²) in [4.78, 5) is 2.71. The Balaban J connectivity index is 2.73. The number of hydrogen-bond acceptors (Lipinski definition) is 3. The number of piperazine rings is 1. The fourth-order valence-corrected chi connectivity index (χ4v) is 3.04. The second-order valence-electron chi connectivity index (χ2n) is 5.92. The zero-order valence-corrected chi connectivity index (χ0v) is 12.9. The molecule has 0 aromatic heterocycles. The molecular weight excluding hydrogens is 224 g/mol. The lowest BCUT2D eigenvalue weighted by atomic mass is 9.94. The van der Waals surface area contributed by atoms with Gasteiger partial charge in [0.15, 0.2) is 0 Å². The largest absolute Gasteiger partial charge is 0.383 e. The van der Waals surface area contributed by atoms with Crippen molar-refractivity contribution in [1.29, 1.82) is 0 Å². The molecule has 0 spiro atoms. The van der Waals surface area contributed by atoms with Gasteiger partial charge in [-0.05, 0) is 18.8 Å². The maximum Gasteiger partial charge on any atom is 0.0618 e. The number of hydrogen-bond donors (Lipinski definition) is 1. The fourth-order valence-electron chi connectivity index (χ4n) is 3.04. The van der Waals surface area contributed by atoms with Crippen LogP contribution in [0.2, 0.25) is 0 Å². The van der Waals surface area contributed by atoms with E-state index in [4.69, 9.17) is 4.74 Å². The smallest absolute Gasteiger partial charge is 0.0618 e. The standard InChI is InChI=1S/C15H32N2O/c1-6-8-14(11-18-5)17-10-13(7-2)16-9-15(17)12(3)4/h12-16H,6-11H2,1-5H3. The van der Waals surface area contributed by atoms with Crippen LogP contribution in [0.4, 0.5) is 0 Å². The zero-order chi connectivity index (χ0) is 13.5. The summed E-state index contributed by atoms with van der Waals surface area (Å²) in [6.07, 6.45) is 3.69. The lowest BCUT2D eigenvalue weighted by Gasteiger charge is -2.46. The number of methoxy groups -OCH3 is 1. The number of rotatable bonds is 7. The summed E-state index contributed by atoms with van der Waals surface area (Å²) in [5.74, 6) is 0.700. The van der Waals surface area contributed by atoms with E-state index in [1.54, 1.807) is 0 Å². The number of ether oxygens (including phenoxy) is 1. The SMILES string of the molecule is CCCC(COC)N1CC(CC)NCC1C(C)C. The van der Waals surface area contributed by atoms with Crippen LogP contribution in [0.25, 0.3) is 0 Å². The Morgan fingerprint density at radius 3 is 2.56 bits per heavy atom. The Labute approximate surface area is 113 Å². The van der Waals surface area contributed by atoms with Crippen molar-refractivity contribution < 1.29 is 4.74 Å². The van der Waals surface area contributed by atoms with Gasteiger partial charge in [0.2, 0.25) is 0 Å².